The Balaban J connectivity index is 2.08. The Morgan fingerprint density at radius 2 is 1.50 bits per heavy atom. The van der Waals surface area contributed by atoms with Gasteiger partial charge in [0.15, 0.2) is 0 Å². The molecule has 1 aromatic carbocycles. The number of hydrogen-bond donors (Lipinski definition) is 0. The minimum Gasteiger partial charge on any atom is -0.457 e. The van der Waals surface area contributed by atoms with E-state index in [0.29, 0.717) is 15.6 Å². The topological polar surface area (TPSA) is 39.2 Å². The first-order chi connectivity index (χ1) is 9.44. The van der Waals surface area contributed by atoms with Crippen LogP contribution in [0.1, 0.15) is 15.9 Å². The Morgan fingerprint density at radius 1 is 0.950 bits per heavy atom. The van der Waals surface area contributed by atoms with Gasteiger partial charge in [0.1, 0.15) is 16.9 Å². The van der Waals surface area contributed by atoms with E-state index in [9.17, 15) is 4.79 Å². The highest BCUT2D eigenvalue weighted by Crippen LogP contribution is 2.20. The van der Waals surface area contributed by atoms with Crippen LogP contribution < -0.4 is 0 Å². The molecule has 104 valence electrons. The second-order valence-corrected chi connectivity index (χ2v) is 5.50. The number of halogens is 4. The van der Waals surface area contributed by atoms with E-state index in [4.69, 9.17) is 51.1 Å². The highest BCUT2D eigenvalue weighted by Gasteiger charge is 2.11. The van der Waals surface area contributed by atoms with Crippen LogP contribution in [0.25, 0.3) is 0 Å². The summed E-state index contributed by atoms with van der Waals surface area (Å²) in [5, 5.41) is 1.18. The van der Waals surface area contributed by atoms with Crippen molar-refractivity contribution in [3.05, 3.63) is 61.8 Å². The molecule has 1 aromatic heterocycles. The van der Waals surface area contributed by atoms with Gasteiger partial charge in [-0.15, -0.1) is 0 Å². The number of carbonyl (C=O) groups is 1. The van der Waals surface area contributed by atoms with Gasteiger partial charge in [-0.1, -0.05) is 46.4 Å². The van der Waals surface area contributed by atoms with Gasteiger partial charge in [0.2, 0.25) is 0 Å². The van der Waals surface area contributed by atoms with E-state index in [1.807, 2.05) is 0 Å². The van der Waals surface area contributed by atoms with Crippen molar-refractivity contribution >= 4 is 52.4 Å². The van der Waals surface area contributed by atoms with E-state index in [1.165, 1.54) is 12.1 Å². The molecule has 2 aromatic rings. The number of nitrogens with zero attached hydrogens (tertiary/aromatic N) is 1. The predicted molar refractivity (Wildman–Crippen MR) is 79.8 cm³/mol. The molecule has 0 N–H and O–H groups in total. The van der Waals surface area contributed by atoms with Gasteiger partial charge < -0.3 is 4.74 Å². The Labute approximate surface area is 135 Å². The van der Waals surface area contributed by atoms with Crippen LogP contribution in [0.3, 0.4) is 0 Å². The molecular weight excluding hydrogens is 344 g/mol. The summed E-state index contributed by atoms with van der Waals surface area (Å²) >= 11 is 23.1. The van der Waals surface area contributed by atoms with E-state index >= 15 is 0 Å². The molecule has 0 unspecified atom stereocenters. The minimum absolute atomic E-state index is 0.0384. The molecule has 7 heteroatoms. The van der Waals surface area contributed by atoms with Crippen LogP contribution in [0.5, 0.6) is 0 Å². The van der Waals surface area contributed by atoms with Gasteiger partial charge in [-0.05, 0) is 35.9 Å². The third-order valence-electron chi connectivity index (χ3n) is 2.29. The maximum atomic E-state index is 11.9. The molecule has 0 aliphatic rings. The van der Waals surface area contributed by atoms with Crippen molar-refractivity contribution in [2.75, 3.05) is 0 Å². The average molecular weight is 351 g/mol. The standard InChI is InChI=1S/C13H7Cl4NO2/c14-9-1-7(2-10(15)5-9)6-20-13(19)8-3-11(16)18-12(17)4-8/h1-5H,6H2. The number of hydrogen-bond acceptors (Lipinski definition) is 3. The number of benzene rings is 1. The molecule has 0 aliphatic heterocycles. The largest absolute Gasteiger partial charge is 0.457 e. The molecule has 0 fully saturated rings. The summed E-state index contributed by atoms with van der Waals surface area (Å²) in [6.45, 7) is 0.0384. The number of carbonyl (C=O) groups excluding carboxylic acids is 1. The number of esters is 1. The summed E-state index contributed by atoms with van der Waals surface area (Å²) in [5.74, 6) is -0.563. The second kappa shape index (κ2) is 6.64. The summed E-state index contributed by atoms with van der Waals surface area (Å²) in [6.07, 6.45) is 0. The lowest BCUT2D eigenvalue weighted by molar-refractivity contribution is 0.0472. The summed E-state index contributed by atoms with van der Waals surface area (Å²) in [6, 6.07) is 7.67. The minimum atomic E-state index is -0.563. The van der Waals surface area contributed by atoms with Gasteiger partial charge in [-0.25, -0.2) is 9.78 Å². The van der Waals surface area contributed by atoms with Crippen molar-refractivity contribution in [2.24, 2.45) is 0 Å². The normalized spacial score (nSPS) is 10.4. The Bertz CT molecular complexity index is 620. The average Bonchev–Trinajstić information content (AvgIpc) is 2.33. The van der Waals surface area contributed by atoms with Gasteiger partial charge in [0.05, 0.1) is 5.56 Å². The van der Waals surface area contributed by atoms with Crippen LogP contribution in [0.4, 0.5) is 0 Å². The molecule has 0 saturated heterocycles. The summed E-state index contributed by atoms with van der Waals surface area (Å²) in [4.78, 5) is 15.6. The lowest BCUT2D eigenvalue weighted by Gasteiger charge is -2.06. The second-order valence-electron chi connectivity index (χ2n) is 3.86. The molecule has 0 bridgehead atoms. The highest BCUT2D eigenvalue weighted by molar-refractivity contribution is 6.34. The lowest BCUT2D eigenvalue weighted by atomic mass is 10.2. The third-order valence-corrected chi connectivity index (χ3v) is 3.11. The van der Waals surface area contributed by atoms with E-state index in [1.54, 1.807) is 18.2 Å². The molecule has 0 radical (unpaired) electrons. The molecule has 0 aliphatic carbocycles. The van der Waals surface area contributed by atoms with Gasteiger partial charge in [-0.3, -0.25) is 0 Å². The first kappa shape index (κ1) is 15.4. The van der Waals surface area contributed by atoms with Gasteiger partial charge in [0, 0.05) is 10.0 Å². The molecule has 3 nitrogen and oxygen atoms in total. The van der Waals surface area contributed by atoms with Crippen molar-refractivity contribution in [2.45, 2.75) is 6.61 Å². The number of ether oxygens (including phenoxy) is 1. The fourth-order valence-electron chi connectivity index (χ4n) is 1.51. The van der Waals surface area contributed by atoms with Gasteiger partial charge in [-0.2, -0.15) is 0 Å². The summed E-state index contributed by atoms with van der Waals surface area (Å²) < 4.78 is 5.13. The van der Waals surface area contributed by atoms with Crippen molar-refractivity contribution < 1.29 is 9.53 Å². The maximum absolute atomic E-state index is 11.9. The molecule has 0 saturated carbocycles. The van der Waals surface area contributed by atoms with Crippen LogP contribution >= 0.6 is 46.4 Å². The molecule has 2 rings (SSSR count). The van der Waals surface area contributed by atoms with Crippen molar-refractivity contribution in [3.63, 3.8) is 0 Å². The Hall–Kier alpha value is -1.00. The van der Waals surface area contributed by atoms with Crippen molar-refractivity contribution in [3.8, 4) is 0 Å². The van der Waals surface area contributed by atoms with E-state index < -0.39 is 5.97 Å². The first-order valence-electron chi connectivity index (χ1n) is 5.39. The van der Waals surface area contributed by atoms with Gasteiger partial charge >= 0.3 is 5.97 Å². The molecule has 0 amide bonds. The van der Waals surface area contributed by atoms with E-state index in [2.05, 4.69) is 4.98 Å². The zero-order valence-corrected chi connectivity index (χ0v) is 12.9. The third kappa shape index (κ3) is 4.25. The quantitative estimate of drug-likeness (QED) is 0.574. The number of pyridine rings is 1. The smallest absolute Gasteiger partial charge is 0.338 e. The van der Waals surface area contributed by atoms with Crippen LogP contribution in [0, 0.1) is 0 Å². The number of aromatic nitrogens is 1. The summed E-state index contributed by atoms with van der Waals surface area (Å²) in [7, 11) is 0. The van der Waals surface area contributed by atoms with Crippen LogP contribution in [0.15, 0.2) is 30.3 Å². The summed E-state index contributed by atoms with van der Waals surface area (Å²) in [5.41, 5.74) is 0.908. The molecule has 1 heterocycles. The lowest BCUT2D eigenvalue weighted by Crippen LogP contribution is -2.05. The SMILES string of the molecule is O=C(OCc1cc(Cl)cc(Cl)c1)c1cc(Cl)nc(Cl)c1. The van der Waals surface area contributed by atoms with Crippen LogP contribution in [-0.2, 0) is 11.3 Å². The zero-order chi connectivity index (χ0) is 14.7. The Morgan fingerprint density at radius 3 is 2.05 bits per heavy atom. The zero-order valence-electron chi connectivity index (χ0n) is 9.87. The maximum Gasteiger partial charge on any atom is 0.338 e. The molecular formula is C13H7Cl4NO2. The molecule has 0 spiro atoms. The molecule has 20 heavy (non-hydrogen) atoms. The fraction of sp³-hybridized carbons (Fsp3) is 0.0769. The van der Waals surface area contributed by atoms with E-state index in [-0.39, 0.29) is 22.5 Å². The van der Waals surface area contributed by atoms with Crippen molar-refractivity contribution in [1.29, 1.82) is 0 Å². The predicted octanol–water partition coefficient (Wildman–Crippen LogP) is 5.05. The Kier molecular flexibility index (Phi) is 5.11. The van der Waals surface area contributed by atoms with Gasteiger partial charge in [0.25, 0.3) is 0 Å². The molecule has 0 atom stereocenters. The van der Waals surface area contributed by atoms with Crippen molar-refractivity contribution in [1.82, 2.24) is 4.98 Å². The van der Waals surface area contributed by atoms with Crippen LogP contribution in [-0.4, -0.2) is 11.0 Å². The fourth-order valence-corrected chi connectivity index (χ4v) is 2.54. The highest BCUT2D eigenvalue weighted by atomic mass is 35.5. The van der Waals surface area contributed by atoms with E-state index in [0.717, 1.165) is 0 Å². The number of rotatable bonds is 3. The van der Waals surface area contributed by atoms with Crippen LogP contribution in [0.2, 0.25) is 20.4 Å². The monoisotopic (exact) mass is 349 g/mol. The first-order valence-corrected chi connectivity index (χ1v) is 6.90.